The normalized spacial score (nSPS) is 12.1. The summed E-state index contributed by atoms with van der Waals surface area (Å²) in [4.78, 5) is 0. The summed E-state index contributed by atoms with van der Waals surface area (Å²) in [5, 5.41) is 3.41. The Morgan fingerprint density at radius 2 is 1.89 bits per heavy atom. The third-order valence-electron chi connectivity index (χ3n) is 3.57. The van der Waals surface area contributed by atoms with Gasteiger partial charge < -0.3 is 10.1 Å². The second-order valence-electron chi connectivity index (χ2n) is 4.83. The van der Waals surface area contributed by atoms with Gasteiger partial charge in [-0.2, -0.15) is 0 Å². The predicted molar refractivity (Wildman–Crippen MR) is 79.7 cm³/mol. The molecule has 0 aromatic heterocycles. The fourth-order valence-corrected chi connectivity index (χ4v) is 2.67. The molecule has 0 atom stereocenters. The van der Waals surface area contributed by atoms with Crippen LogP contribution in [0.1, 0.15) is 18.1 Å². The largest absolute Gasteiger partial charge is 0.383 e. The molecule has 2 aromatic rings. The monoisotopic (exact) mass is 253 g/mol. The van der Waals surface area contributed by atoms with Gasteiger partial charge in [-0.1, -0.05) is 30.3 Å². The van der Waals surface area contributed by atoms with Crippen LogP contribution in [0.25, 0.3) is 11.1 Å². The van der Waals surface area contributed by atoms with E-state index in [2.05, 4.69) is 47.8 Å². The van der Waals surface area contributed by atoms with Crippen LogP contribution in [-0.2, 0) is 11.2 Å². The number of rotatable bonds is 5. The van der Waals surface area contributed by atoms with E-state index in [0.717, 1.165) is 26.2 Å². The molecule has 1 aliphatic carbocycles. The lowest BCUT2D eigenvalue weighted by Gasteiger charge is -2.08. The first-order valence-corrected chi connectivity index (χ1v) is 6.91. The molecule has 0 saturated carbocycles. The van der Waals surface area contributed by atoms with Gasteiger partial charge in [0.15, 0.2) is 0 Å². The van der Waals surface area contributed by atoms with Crippen molar-refractivity contribution in [1.29, 1.82) is 0 Å². The first-order valence-electron chi connectivity index (χ1n) is 6.91. The SMILES string of the molecule is CCOCCNc1ccc2c(c1)Cc1ccccc1-2. The zero-order chi connectivity index (χ0) is 13.1. The molecular weight excluding hydrogens is 234 g/mol. The second-order valence-corrected chi connectivity index (χ2v) is 4.83. The Balaban J connectivity index is 1.74. The number of nitrogens with one attached hydrogen (secondary N) is 1. The van der Waals surface area contributed by atoms with Crippen LogP contribution in [0, 0.1) is 0 Å². The Hall–Kier alpha value is -1.80. The van der Waals surface area contributed by atoms with Crippen molar-refractivity contribution < 1.29 is 4.74 Å². The lowest BCUT2D eigenvalue weighted by atomic mass is 10.1. The van der Waals surface area contributed by atoms with Gasteiger partial charge in [0, 0.05) is 18.8 Å². The van der Waals surface area contributed by atoms with E-state index in [4.69, 9.17) is 4.74 Å². The Bertz CT molecular complexity index is 577. The number of hydrogen-bond donors (Lipinski definition) is 1. The van der Waals surface area contributed by atoms with E-state index < -0.39 is 0 Å². The molecule has 0 amide bonds. The molecule has 3 rings (SSSR count). The first kappa shape index (κ1) is 12.2. The van der Waals surface area contributed by atoms with E-state index in [1.807, 2.05) is 6.92 Å². The Labute approximate surface area is 114 Å². The molecule has 2 nitrogen and oxygen atoms in total. The van der Waals surface area contributed by atoms with E-state index in [1.54, 1.807) is 0 Å². The maximum atomic E-state index is 5.34. The molecule has 0 radical (unpaired) electrons. The molecule has 1 aliphatic rings. The van der Waals surface area contributed by atoms with Gasteiger partial charge in [-0.15, -0.1) is 0 Å². The van der Waals surface area contributed by atoms with Crippen LogP contribution < -0.4 is 5.32 Å². The molecule has 0 fully saturated rings. The van der Waals surface area contributed by atoms with Crippen LogP contribution in [0.5, 0.6) is 0 Å². The summed E-state index contributed by atoms with van der Waals surface area (Å²) in [6.07, 6.45) is 1.05. The molecule has 19 heavy (non-hydrogen) atoms. The minimum atomic E-state index is 0.758. The zero-order valence-electron chi connectivity index (χ0n) is 11.3. The van der Waals surface area contributed by atoms with Crippen LogP contribution in [0.2, 0.25) is 0 Å². The Kier molecular flexibility index (Phi) is 3.51. The molecular formula is C17H19NO. The molecule has 98 valence electrons. The summed E-state index contributed by atoms with van der Waals surface area (Å²) in [5.41, 5.74) is 6.81. The highest BCUT2D eigenvalue weighted by molar-refractivity contribution is 5.78. The molecule has 0 aliphatic heterocycles. The zero-order valence-corrected chi connectivity index (χ0v) is 11.3. The predicted octanol–water partition coefficient (Wildman–Crippen LogP) is 3.71. The third-order valence-corrected chi connectivity index (χ3v) is 3.57. The highest BCUT2D eigenvalue weighted by atomic mass is 16.5. The van der Waals surface area contributed by atoms with E-state index in [1.165, 1.54) is 27.9 Å². The molecule has 0 spiro atoms. The minimum absolute atomic E-state index is 0.758. The number of ether oxygens (including phenoxy) is 1. The van der Waals surface area contributed by atoms with Gasteiger partial charge in [-0.05, 0) is 47.7 Å². The lowest BCUT2D eigenvalue weighted by molar-refractivity contribution is 0.158. The van der Waals surface area contributed by atoms with Gasteiger partial charge in [0.2, 0.25) is 0 Å². The number of hydrogen-bond acceptors (Lipinski definition) is 2. The summed E-state index contributed by atoms with van der Waals surface area (Å²) in [5.74, 6) is 0. The van der Waals surface area contributed by atoms with E-state index >= 15 is 0 Å². The summed E-state index contributed by atoms with van der Waals surface area (Å²) in [6.45, 7) is 4.42. The standard InChI is InChI=1S/C17H19NO/c1-2-19-10-9-18-15-7-8-17-14(12-15)11-13-5-3-4-6-16(13)17/h3-8,12,18H,2,9-11H2,1H3. The first-order chi connectivity index (χ1) is 9.38. The van der Waals surface area contributed by atoms with E-state index in [-0.39, 0.29) is 0 Å². The quantitative estimate of drug-likeness (QED) is 0.700. The van der Waals surface area contributed by atoms with Crippen LogP contribution in [0.15, 0.2) is 42.5 Å². The molecule has 2 aromatic carbocycles. The van der Waals surface area contributed by atoms with Gasteiger partial charge in [0.25, 0.3) is 0 Å². The van der Waals surface area contributed by atoms with Crippen molar-refractivity contribution in [3.8, 4) is 11.1 Å². The Morgan fingerprint density at radius 1 is 1.05 bits per heavy atom. The van der Waals surface area contributed by atoms with Crippen molar-refractivity contribution >= 4 is 5.69 Å². The lowest BCUT2D eigenvalue weighted by Crippen LogP contribution is -2.09. The summed E-state index contributed by atoms with van der Waals surface area (Å²) in [7, 11) is 0. The summed E-state index contributed by atoms with van der Waals surface area (Å²) in [6, 6.07) is 15.3. The van der Waals surface area contributed by atoms with E-state index in [0.29, 0.717) is 0 Å². The van der Waals surface area contributed by atoms with Gasteiger partial charge in [-0.25, -0.2) is 0 Å². The molecule has 0 unspecified atom stereocenters. The average molecular weight is 253 g/mol. The number of anilines is 1. The smallest absolute Gasteiger partial charge is 0.0638 e. The molecule has 0 heterocycles. The van der Waals surface area contributed by atoms with Crippen molar-refractivity contribution in [1.82, 2.24) is 0 Å². The van der Waals surface area contributed by atoms with Gasteiger partial charge in [0.05, 0.1) is 6.61 Å². The van der Waals surface area contributed by atoms with Crippen molar-refractivity contribution in [2.75, 3.05) is 25.1 Å². The van der Waals surface area contributed by atoms with Crippen LogP contribution in [0.3, 0.4) is 0 Å². The molecule has 0 bridgehead atoms. The fourth-order valence-electron chi connectivity index (χ4n) is 2.67. The van der Waals surface area contributed by atoms with Gasteiger partial charge in [-0.3, -0.25) is 0 Å². The van der Waals surface area contributed by atoms with Crippen molar-refractivity contribution in [2.45, 2.75) is 13.3 Å². The summed E-state index contributed by atoms with van der Waals surface area (Å²) >= 11 is 0. The maximum absolute atomic E-state index is 5.34. The van der Waals surface area contributed by atoms with Crippen molar-refractivity contribution in [2.24, 2.45) is 0 Å². The topological polar surface area (TPSA) is 21.3 Å². The van der Waals surface area contributed by atoms with Crippen LogP contribution in [0.4, 0.5) is 5.69 Å². The second kappa shape index (κ2) is 5.45. The molecule has 1 N–H and O–H groups in total. The summed E-state index contributed by atoms with van der Waals surface area (Å²) < 4.78 is 5.34. The number of fused-ring (bicyclic) bond motifs is 3. The maximum Gasteiger partial charge on any atom is 0.0638 e. The van der Waals surface area contributed by atoms with Crippen molar-refractivity contribution in [3.63, 3.8) is 0 Å². The third kappa shape index (κ3) is 2.49. The van der Waals surface area contributed by atoms with Crippen molar-refractivity contribution in [3.05, 3.63) is 53.6 Å². The minimum Gasteiger partial charge on any atom is -0.383 e. The van der Waals surface area contributed by atoms with E-state index in [9.17, 15) is 0 Å². The molecule has 0 saturated heterocycles. The number of benzene rings is 2. The average Bonchev–Trinajstić information content (AvgIpc) is 2.81. The van der Waals surface area contributed by atoms with Gasteiger partial charge in [0.1, 0.15) is 0 Å². The van der Waals surface area contributed by atoms with Crippen LogP contribution in [-0.4, -0.2) is 19.8 Å². The fraction of sp³-hybridized carbons (Fsp3) is 0.294. The van der Waals surface area contributed by atoms with Gasteiger partial charge >= 0.3 is 0 Å². The highest BCUT2D eigenvalue weighted by Crippen LogP contribution is 2.37. The molecule has 2 heteroatoms. The highest BCUT2D eigenvalue weighted by Gasteiger charge is 2.17. The van der Waals surface area contributed by atoms with Crippen LogP contribution >= 0.6 is 0 Å². The Morgan fingerprint density at radius 3 is 2.79 bits per heavy atom.